The van der Waals surface area contributed by atoms with Crippen LogP contribution in [0.5, 0.6) is 0 Å². The van der Waals surface area contributed by atoms with E-state index in [2.05, 4.69) is 20.8 Å². The zero-order chi connectivity index (χ0) is 18.2. The van der Waals surface area contributed by atoms with Gasteiger partial charge in [-0.25, -0.2) is 0 Å². The van der Waals surface area contributed by atoms with Crippen LogP contribution in [0.4, 0.5) is 5.69 Å². The molecule has 0 bridgehead atoms. The number of amides is 2. The molecule has 1 heterocycles. The van der Waals surface area contributed by atoms with Gasteiger partial charge in [-0.1, -0.05) is 53.7 Å². The van der Waals surface area contributed by atoms with E-state index in [1.807, 2.05) is 48.5 Å². The van der Waals surface area contributed by atoms with Gasteiger partial charge in [-0.3, -0.25) is 9.59 Å². The molecule has 0 radical (unpaired) electrons. The van der Waals surface area contributed by atoms with Gasteiger partial charge < -0.3 is 15.2 Å². The van der Waals surface area contributed by atoms with Crippen molar-refractivity contribution in [2.75, 3.05) is 11.9 Å². The van der Waals surface area contributed by atoms with Gasteiger partial charge >= 0.3 is 11.8 Å². The first-order chi connectivity index (χ1) is 12.7. The lowest BCUT2D eigenvalue weighted by Crippen LogP contribution is -2.26. The number of aromatic nitrogens is 2. The number of anilines is 1. The van der Waals surface area contributed by atoms with Crippen LogP contribution in [0.3, 0.4) is 0 Å². The molecule has 7 nitrogen and oxygen atoms in total. The van der Waals surface area contributed by atoms with Gasteiger partial charge in [0.2, 0.25) is 5.91 Å². The van der Waals surface area contributed by atoms with Gasteiger partial charge in [0.25, 0.3) is 0 Å². The van der Waals surface area contributed by atoms with Crippen LogP contribution in [0, 0.1) is 0 Å². The van der Waals surface area contributed by atoms with Gasteiger partial charge in [0.1, 0.15) is 0 Å². The number of rotatable bonds is 7. The number of benzene rings is 2. The molecule has 0 atom stereocenters. The van der Waals surface area contributed by atoms with Crippen molar-refractivity contribution in [2.24, 2.45) is 0 Å². The first kappa shape index (κ1) is 17.3. The molecule has 0 unspecified atom stereocenters. The average Bonchev–Trinajstić information content (AvgIpc) is 3.12. The molecule has 3 rings (SSSR count). The summed E-state index contributed by atoms with van der Waals surface area (Å²) < 4.78 is 4.93. The zero-order valence-corrected chi connectivity index (χ0v) is 14.0. The monoisotopic (exact) mass is 350 g/mol. The van der Waals surface area contributed by atoms with Crippen molar-refractivity contribution in [3.8, 4) is 0 Å². The summed E-state index contributed by atoms with van der Waals surface area (Å²) in [5.41, 5.74) is 1.80. The fourth-order valence-electron chi connectivity index (χ4n) is 2.33. The molecule has 3 aromatic rings. The minimum atomic E-state index is -0.455. The Labute approximate surface area is 150 Å². The van der Waals surface area contributed by atoms with E-state index in [1.54, 1.807) is 12.1 Å². The van der Waals surface area contributed by atoms with Crippen molar-refractivity contribution >= 4 is 17.5 Å². The van der Waals surface area contributed by atoms with Crippen LogP contribution in [0.1, 0.15) is 22.1 Å². The number of carbonyl (C=O) groups excluding carboxylic acids is 2. The summed E-state index contributed by atoms with van der Waals surface area (Å²) >= 11 is 0. The first-order valence-corrected chi connectivity index (χ1v) is 8.20. The van der Waals surface area contributed by atoms with E-state index in [1.165, 1.54) is 0 Å². The van der Waals surface area contributed by atoms with Crippen LogP contribution in [-0.4, -0.2) is 28.5 Å². The van der Waals surface area contributed by atoms with Gasteiger partial charge in [0.05, 0.1) is 6.42 Å². The number of carbonyl (C=O) groups is 2. The molecule has 2 N–H and O–H groups in total. The lowest BCUT2D eigenvalue weighted by atomic mass is 10.1. The van der Waals surface area contributed by atoms with E-state index in [9.17, 15) is 9.59 Å². The minimum Gasteiger partial charge on any atom is -0.347 e. The maximum atomic E-state index is 12.0. The number of hydrogen-bond donors (Lipinski definition) is 2. The maximum absolute atomic E-state index is 12.0. The van der Waals surface area contributed by atoms with Crippen molar-refractivity contribution in [1.82, 2.24) is 15.5 Å². The standard InChI is InChI=1S/C19H18N4O3/c24-17(21-15-9-5-2-6-10-15)13-16-22-19(26-23-16)18(25)20-12-11-14-7-3-1-4-8-14/h1-10H,11-13H2,(H,20,25)(H,21,24). The summed E-state index contributed by atoms with van der Waals surface area (Å²) in [4.78, 5) is 27.9. The number of hydrogen-bond acceptors (Lipinski definition) is 5. The van der Waals surface area contributed by atoms with Gasteiger partial charge in [0.15, 0.2) is 5.82 Å². The van der Waals surface area contributed by atoms with Crippen LogP contribution in [-0.2, 0) is 17.6 Å². The lowest BCUT2D eigenvalue weighted by molar-refractivity contribution is -0.115. The highest BCUT2D eigenvalue weighted by molar-refractivity contribution is 5.92. The summed E-state index contributed by atoms with van der Waals surface area (Å²) in [6.45, 7) is 0.453. The lowest BCUT2D eigenvalue weighted by Gasteiger charge is -2.02. The van der Waals surface area contributed by atoms with Crippen LogP contribution in [0.15, 0.2) is 65.2 Å². The molecule has 2 aromatic carbocycles. The summed E-state index contributed by atoms with van der Waals surface area (Å²) in [6, 6.07) is 18.9. The Morgan fingerprint density at radius 2 is 1.65 bits per heavy atom. The van der Waals surface area contributed by atoms with Crippen LogP contribution >= 0.6 is 0 Å². The highest BCUT2D eigenvalue weighted by Crippen LogP contribution is 2.06. The SMILES string of the molecule is O=C(Cc1noc(C(=O)NCCc2ccccc2)n1)Nc1ccccc1. The van der Waals surface area contributed by atoms with E-state index in [0.29, 0.717) is 18.7 Å². The normalized spacial score (nSPS) is 10.3. The molecule has 1 aromatic heterocycles. The van der Waals surface area contributed by atoms with Gasteiger partial charge in [-0.2, -0.15) is 4.98 Å². The summed E-state index contributed by atoms with van der Waals surface area (Å²) in [5, 5.41) is 9.12. The van der Waals surface area contributed by atoms with Gasteiger partial charge in [0, 0.05) is 12.2 Å². The molecule has 0 fully saturated rings. The maximum Gasteiger partial charge on any atom is 0.315 e. The fraction of sp³-hybridized carbons (Fsp3) is 0.158. The zero-order valence-electron chi connectivity index (χ0n) is 14.0. The molecule has 26 heavy (non-hydrogen) atoms. The molecule has 2 amide bonds. The molecular weight excluding hydrogens is 332 g/mol. The van der Waals surface area contributed by atoms with Crippen molar-refractivity contribution in [1.29, 1.82) is 0 Å². The van der Waals surface area contributed by atoms with Gasteiger partial charge in [-0.15, -0.1) is 0 Å². The molecule has 7 heteroatoms. The molecule has 0 aliphatic rings. The highest BCUT2D eigenvalue weighted by Gasteiger charge is 2.16. The molecule has 0 saturated heterocycles. The molecule has 0 saturated carbocycles. The second-order valence-electron chi connectivity index (χ2n) is 5.60. The smallest absolute Gasteiger partial charge is 0.315 e. The minimum absolute atomic E-state index is 0.0737. The van der Waals surface area contributed by atoms with E-state index in [-0.39, 0.29) is 24.0 Å². The number of para-hydroxylation sites is 1. The third kappa shape index (κ3) is 5.01. The quantitative estimate of drug-likeness (QED) is 0.681. The predicted molar refractivity (Wildman–Crippen MR) is 95.6 cm³/mol. The third-order valence-corrected chi connectivity index (χ3v) is 3.58. The summed E-state index contributed by atoms with van der Waals surface area (Å²) in [5.74, 6) is -0.733. The molecule has 0 aliphatic carbocycles. The van der Waals surface area contributed by atoms with Crippen molar-refractivity contribution in [2.45, 2.75) is 12.8 Å². The number of nitrogens with zero attached hydrogens (tertiary/aromatic N) is 2. The highest BCUT2D eigenvalue weighted by atomic mass is 16.5. The molecular formula is C19H18N4O3. The Balaban J connectivity index is 1.47. The second-order valence-corrected chi connectivity index (χ2v) is 5.60. The van der Waals surface area contributed by atoms with E-state index in [4.69, 9.17) is 4.52 Å². The van der Waals surface area contributed by atoms with E-state index >= 15 is 0 Å². The Morgan fingerprint density at radius 1 is 0.962 bits per heavy atom. The van der Waals surface area contributed by atoms with E-state index in [0.717, 1.165) is 5.56 Å². The van der Waals surface area contributed by atoms with Crippen molar-refractivity contribution in [3.63, 3.8) is 0 Å². The van der Waals surface area contributed by atoms with E-state index < -0.39 is 5.91 Å². The van der Waals surface area contributed by atoms with Crippen molar-refractivity contribution in [3.05, 3.63) is 77.9 Å². The molecule has 0 spiro atoms. The number of nitrogens with one attached hydrogen (secondary N) is 2. The third-order valence-electron chi connectivity index (χ3n) is 3.58. The molecule has 0 aliphatic heterocycles. The Kier molecular flexibility index (Phi) is 5.72. The van der Waals surface area contributed by atoms with Crippen LogP contribution < -0.4 is 10.6 Å². The Bertz CT molecular complexity index is 863. The average molecular weight is 350 g/mol. The Morgan fingerprint density at radius 3 is 2.38 bits per heavy atom. The van der Waals surface area contributed by atoms with Crippen LogP contribution in [0.25, 0.3) is 0 Å². The van der Waals surface area contributed by atoms with Crippen molar-refractivity contribution < 1.29 is 14.1 Å². The predicted octanol–water partition coefficient (Wildman–Crippen LogP) is 2.22. The largest absolute Gasteiger partial charge is 0.347 e. The van der Waals surface area contributed by atoms with Crippen LogP contribution in [0.2, 0.25) is 0 Å². The topological polar surface area (TPSA) is 97.1 Å². The molecule has 132 valence electrons. The van der Waals surface area contributed by atoms with Gasteiger partial charge in [-0.05, 0) is 24.1 Å². The second kappa shape index (κ2) is 8.57. The summed E-state index contributed by atoms with van der Waals surface area (Å²) in [7, 11) is 0. The summed E-state index contributed by atoms with van der Waals surface area (Å²) in [6.07, 6.45) is 0.628. The fourth-order valence-corrected chi connectivity index (χ4v) is 2.33. The Hall–Kier alpha value is -3.48. The first-order valence-electron chi connectivity index (χ1n) is 8.20.